The molecule has 2 aromatic heterocycles. The van der Waals surface area contributed by atoms with Crippen molar-refractivity contribution in [1.82, 2.24) is 15.2 Å². The molecule has 0 unspecified atom stereocenters. The number of aryl methyl sites for hydroxylation is 1. The smallest absolute Gasteiger partial charge is 0.318 e. The monoisotopic (exact) mass is 345 g/mol. The molecule has 0 bridgehead atoms. The lowest BCUT2D eigenvalue weighted by Gasteiger charge is -2.34. The van der Waals surface area contributed by atoms with Crippen LogP contribution in [-0.4, -0.2) is 42.8 Å². The molecule has 1 N–H and O–H groups in total. The fourth-order valence-electron chi connectivity index (χ4n) is 2.78. The number of carbonyl (C=O) groups excluding carboxylic acids is 1. The van der Waals surface area contributed by atoms with Crippen molar-refractivity contribution in [2.45, 2.75) is 25.9 Å². The highest BCUT2D eigenvalue weighted by molar-refractivity contribution is 5.74. The summed E-state index contributed by atoms with van der Waals surface area (Å²) < 4.78 is 16.5. The van der Waals surface area contributed by atoms with Gasteiger partial charge in [0.15, 0.2) is 0 Å². The van der Waals surface area contributed by atoms with E-state index in [2.05, 4.69) is 10.3 Å². The highest BCUT2D eigenvalue weighted by Crippen LogP contribution is 2.26. The summed E-state index contributed by atoms with van der Waals surface area (Å²) in [6, 6.07) is 8.95. The van der Waals surface area contributed by atoms with Gasteiger partial charge in [0, 0.05) is 19.0 Å². The Labute approximate surface area is 146 Å². The Balaban J connectivity index is 1.66. The number of amides is 2. The van der Waals surface area contributed by atoms with Gasteiger partial charge in [0.2, 0.25) is 5.88 Å². The van der Waals surface area contributed by atoms with Crippen LogP contribution < -0.4 is 10.1 Å². The third-order valence-corrected chi connectivity index (χ3v) is 4.16. The number of aromatic nitrogens is 1. The van der Waals surface area contributed by atoms with Crippen LogP contribution in [0.15, 0.2) is 34.7 Å². The molecule has 3 rings (SSSR count). The van der Waals surface area contributed by atoms with Gasteiger partial charge in [-0.05, 0) is 18.2 Å². The topological polar surface area (TPSA) is 76.8 Å². The molecule has 134 valence electrons. The van der Waals surface area contributed by atoms with Crippen LogP contribution in [0, 0.1) is 0 Å². The first-order valence-corrected chi connectivity index (χ1v) is 8.42. The molecule has 7 heteroatoms. The molecule has 25 heavy (non-hydrogen) atoms. The third kappa shape index (κ3) is 4.11. The van der Waals surface area contributed by atoms with Gasteiger partial charge in [0.25, 0.3) is 0 Å². The predicted molar refractivity (Wildman–Crippen MR) is 91.4 cm³/mol. The van der Waals surface area contributed by atoms with Crippen LogP contribution in [0.5, 0.6) is 5.88 Å². The van der Waals surface area contributed by atoms with Crippen molar-refractivity contribution in [3.8, 4) is 5.88 Å². The average molecular weight is 345 g/mol. The molecule has 1 aliphatic rings. The second kappa shape index (κ2) is 8.02. The maximum Gasteiger partial charge on any atom is 0.318 e. The van der Waals surface area contributed by atoms with Crippen LogP contribution in [0.3, 0.4) is 0 Å². The molecule has 1 atom stereocenters. The number of pyridine rings is 1. The number of methoxy groups -OCH3 is 1. The van der Waals surface area contributed by atoms with Crippen LogP contribution in [0.25, 0.3) is 0 Å². The molecule has 0 radical (unpaired) electrons. The Kier molecular flexibility index (Phi) is 5.55. The Hall–Kier alpha value is -2.54. The summed E-state index contributed by atoms with van der Waals surface area (Å²) in [5.41, 5.74) is 0.740. The molecular weight excluding hydrogens is 322 g/mol. The van der Waals surface area contributed by atoms with Gasteiger partial charge >= 0.3 is 6.03 Å². The number of rotatable bonds is 5. The fourth-order valence-corrected chi connectivity index (χ4v) is 2.78. The average Bonchev–Trinajstić information content (AvgIpc) is 3.15. The van der Waals surface area contributed by atoms with Crippen molar-refractivity contribution < 1.29 is 18.7 Å². The minimum absolute atomic E-state index is 0.160. The van der Waals surface area contributed by atoms with Crippen LogP contribution in [0.1, 0.15) is 30.2 Å². The molecular formula is C18H23N3O4. The Morgan fingerprint density at radius 3 is 3.04 bits per heavy atom. The highest BCUT2D eigenvalue weighted by atomic mass is 16.5. The van der Waals surface area contributed by atoms with E-state index >= 15 is 0 Å². The third-order valence-electron chi connectivity index (χ3n) is 4.16. The van der Waals surface area contributed by atoms with E-state index in [4.69, 9.17) is 13.9 Å². The number of morpholine rings is 1. The molecule has 0 aromatic carbocycles. The second-order valence-corrected chi connectivity index (χ2v) is 5.77. The van der Waals surface area contributed by atoms with Crippen molar-refractivity contribution in [2.75, 3.05) is 26.9 Å². The standard InChI is InChI=1S/C18H23N3O4/c1-3-14-7-8-16(25-14)15-12-24-10-9-21(15)18(22)19-11-13-5-4-6-17(20-13)23-2/h4-8,15H,3,9-12H2,1-2H3,(H,19,22)/t15-/m1/s1. The Bertz CT molecular complexity index is 716. The van der Waals surface area contributed by atoms with Gasteiger partial charge in [0.1, 0.15) is 17.6 Å². The maximum atomic E-state index is 12.6. The predicted octanol–water partition coefficient (Wildman–Crippen LogP) is 2.53. The lowest BCUT2D eigenvalue weighted by atomic mass is 10.2. The summed E-state index contributed by atoms with van der Waals surface area (Å²) in [5, 5.41) is 2.91. The molecule has 3 heterocycles. The first-order valence-electron chi connectivity index (χ1n) is 8.42. The SMILES string of the molecule is CCc1ccc([C@H]2COCCN2C(=O)NCc2cccc(OC)n2)o1. The molecule has 1 fully saturated rings. The summed E-state index contributed by atoms with van der Waals surface area (Å²) >= 11 is 0. The lowest BCUT2D eigenvalue weighted by Crippen LogP contribution is -2.47. The molecule has 7 nitrogen and oxygen atoms in total. The molecule has 2 aromatic rings. The van der Waals surface area contributed by atoms with Crippen LogP contribution in [-0.2, 0) is 17.7 Å². The summed E-state index contributed by atoms with van der Waals surface area (Å²) in [6.07, 6.45) is 0.821. The number of nitrogens with one attached hydrogen (secondary N) is 1. The molecule has 1 aliphatic heterocycles. The first-order chi connectivity index (χ1) is 12.2. The maximum absolute atomic E-state index is 12.6. The Morgan fingerprint density at radius 1 is 1.40 bits per heavy atom. The quantitative estimate of drug-likeness (QED) is 0.901. The fraction of sp³-hybridized carbons (Fsp3) is 0.444. The van der Waals surface area contributed by atoms with Crippen molar-refractivity contribution in [3.63, 3.8) is 0 Å². The number of furan rings is 1. The molecule has 0 saturated carbocycles. The summed E-state index contributed by atoms with van der Waals surface area (Å²) in [5.74, 6) is 2.19. The van der Waals surface area contributed by atoms with Crippen molar-refractivity contribution in [1.29, 1.82) is 0 Å². The van der Waals surface area contributed by atoms with E-state index in [0.29, 0.717) is 32.2 Å². The minimum Gasteiger partial charge on any atom is -0.481 e. The number of hydrogen-bond donors (Lipinski definition) is 1. The van der Waals surface area contributed by atoms with Crippen LogP contribution >= 0.6 is 0 Å². The van der Waals surface area contributed by atoms with Crippen molar-refractivity contribution in [2.24, 2.45) is 0 Å². The number of nitrogens with zero attached hydrogens (tertiary/aromatic N) is 2. The molecule has 0 aliphatic carbocycles. The zero-order chi connectivity index (χ0) is 17.6. The molecule has 2 amide bonds. The van der Waals surface area contributed by atoms with Gasteiger partial charge in [0.05, 0.1) is 32.6 Å². The van der Waals surface area contributed by atoms with Gasteiger partial charge in [-0.1, -0.05) is 13.0 Å². The summed E-state index contributed by atoms with van der Waals surface area (Å²) in [4.78, 5) is 18.7. The molecule has 1 saturated heterocycles. The van der Waals surface area contributed by atoms with Gasteiger partial charge in [-0.2, -0.15) is 0 Å². The summed E-state index contributed by atoms with van der Waals surface area (Å²) in [6.45, 7) is 3.83. The molecule has 0 spiro atoms. The first kappa shape index (κ1) is 17.3. The number of urea groups is 1. The zero-order valence-electron chi connectivity index (χ0n) is 14.5. The van der Waals surface area contributed by atoms with E-state index in [9.17, 15) is 4.79 Å². The van der Waals surface area contributed by atoms with Gasteiger partial charge in [-0.15, -0.1) is 0 Å². The van der Waals surface area contributed by atoms with Crippen molar-refractivity contribution >= 4 is 6.03 Å². The van der Waals surface area contributed by atoms with Crippen LogP contribution in [0.2, 0.25) is 0 Å². The highest BCUT2D eigenvalue weighted by Gasteiger charge is 2.30. The summed E-state index contributed by atoms with van der Waals surface area (Å²) in [7, 11) is 1.57. The van der Waals surface area contributed by atoms with E-state index in [0.717, 1.165) is 23.6 Å². The van der Waals surface area contributed by atoms with Gasteiger partial charge < -0.3 is 24.1 Å². The number of ether oxygens (including phenoxy) is 2. The largest absolute Gasteiger partial charge is 0.481 e. The van der Waals surface area contributed by atoms with Gasteiger partial charge in [-0.3, -0.25) is 0 Å². The van der Waals surface area contributed by atoms with E-state index in [1.807, 2.05) is 31.2 Å². The lowest BCUT2D eigenvalue weighted by molar-refractivity contribution is 0.00390. The normalized spacial score (nSPS) is 17.4. The van der Waals surface area contributed by atoms with E-state index in [-0.39, 0.29) is 12.1 Å². The Morgan fingerprint density at radius 2 is 2.28 bits per heavy atom. The van der Waals surface area contributed by atoms with Crippen molar-refractivity contribution in [3.05, 3.63) is 47.5 Å². The van der Waals surface area contributed by atoms with Gasteiger partial charge in [-0.25, -0.2) is 9.78 Å². The zero-order valence-corrected chi connectivity index (χ0v) is 14.5. The number of carbonyl (C=O) groups is 1. The second-order valence-electron chi connectivity index (χ2n) is 5.77. The van der Waals surface area contributed by atoms with E-state index in [1.54, 1.807) is 18.1 Å². The van der Waals surface area contributed by atoms with E-state index in [1.165, 1.54) is 0 Å². The number of hydrogen-bond acceptors (Lipinski definition) is 5. The van der Waals surface area contributed by atoms with E-state index < -0.39 is 0 Å². The van der Waals surface area contributed by atoms with Crippen LogP contribution in [0.4, 0.5) is 4.79 Å². The minimum atomic E-state index is -0.215.